The summed E-state index contributed by atoms with van der Waals surface area (Å²) in [6, 6.07) is 3.34. The molecule has 0 aliphatic heterocycles. The molecule has 0 radical (unpaired) electrons. The molecule has 0 atom stereocenters. The number of ether oxygens (including phenoxy) is 1. The van der Waals surface area contributed by atoms with E-state index in [1.807, 2.05) is 0 Å². The van der Waals surface area contributed by atoms with Crippen molar-refractivity contribution < 1.29 is 9.13 Å². The highest BCUT2D eigenvalue weighted by atomic mass is 35.5. The van der Waals surface area contributed by atoms with Crippen LogP contribution in [0.5, 0.6) is 5.88 Å². The van der Waals surface area contributed by atoms with Crippen molar-refractivity contribution in [2.24, 2.45) is 0 Å². The number of hydrogen-bond donors (Lipinski definition) is 0. The van der Waals surface area contributed by atoms with Gasteiger partial charge in [-0.05, 0) is 26.0 Å². The maximum atomic E-state index is 13.0. The molecule has 1 rings (SSSR count). The zero-order valence-corrected chi connectivity index (χ0v) is 8.31. The zero-order valence-electron chi connectivity index (χ0n) is 7.55. The maximum absolute atomic E-state index is 13.0. The van der Waals surface area contributed by atoms with Crippen LogP contribution >= 0.6 is 11.6 Å². The van der Waals surface area contributed by atoms with E-state index in [4.69, 9.17) is 16.3 Å². The Bertz CT molecular complexity index is 285. The first-order valence-corrected chi connectivity index (χ1v) is 4.29. The van der Waals surface area contributed by atoms with Gasteiger partial charge in [-0.1, -0.05) is 11.6 Å². The summed E-state index contributed by atoms with van der Waals surface area (Å²) in [5.41, 5.74) is -1.37. The predicted octanol–water partition coefficient (Wildman–Crippen LogP) is 2.86. The SMILES string of the molecule is CC(C)(F)COc1ncccc1Cl. The van der Waals surface area contributed by atoms with E-state index in [2.05, 4.69) is 4.98 Å². The van der Waals surface area contributed by atoms with Gasteiger partial charge in [0.05, 0.1) is 0 Å². The Labute approximate surface area is 81.7 Å². The third kappa shape index (κ3) is 3.59. The summed E-state index contributed by atoms with van der Waals surface area (Å²) in [5, 5.41) is 0.395. The standard InChI is InChI=1S/C9H11ClFNO/c1-9(2,11)6-13-8-7(10)4-3-5-12-8/h3-5H,6H2,1-2H3. The molecule has 0 saturated carbocycles. The molecular formula is C9H11ClFNO. The minimum absolute atomic E-state index is 0.0519. The average Bonchev–Trinajstić information content (AvgIpc) is 2.01. The molecule has 0 bridgehead atoms. The molecule has 0 unspecified atom stereocenters. The fraction of sp³-hybridized carbons (Fsp3) is 0.444. The van der Waals surface area contributed by atoms with Crippen molar-refractivity contribution in [2.45, 2.75) is 19.5 Å². The highest BCUT2D eigenvalue weighted by Crippen LogP contribution is 2.21. The lowest BCUT2D eigenvalue weighted by molar-refractivity contribution is 0.117. The summed E-state index contributed by atoms with van der Waals surface area (Å²) in [4.78, 5) is 3.86. The fourth-order valence-electron chi connectivity index (χ4n) is 0.717. The minimum Gasteiger partial charge on any atom is -0.473 e. The van der Waals surface area contributed by atoms with Crippen LogP contribution in [0, 0.1) is 0 Å². The second-order valence-electron chi connectivity index (χ2n) is 3.30. The molecule has 0 saturated heterocycles. The fourth-order valence-corrected chi connectivity index (χ4v) is 0.893. The molecule has 1 heterocycles. The third-order valence-electron chi connectivity index (χ3n) is 1.28. The summed E-state index contributed by atoms with van der Waals surface area (Å²) in [6.45, 7) is 2.82. The number of alkyl halides is 1. The number of aromatic nitrogens is 1. The Morgan fingerprint density at radius 3 is 2.85 bits per heavy atom. The maximum Gasteiger partial charge on any atom is 0.232 e. The Hall–Kier alpha value is -0.830. The number of hydrogen-bond acceptors (Lipinski definition) is 2. The van der Waals surface area contributed by atoms with Gasteiger partial charge in [-0.25, -0.2) is 9.37 Å². The van der Waals surface area contributed by atoms with Crippen LogP contribution in [-0.2, 0) is 0 Å². The van der Waals surface area contributed by atoms with Gasteiger partial charge < -0.3 is 4.74 Å². The van der Waals surface area contributed by atoms with Crippen LogP contribution in [0.1, 0.15) is 13.8 Å². The molecule has 13 heavy (non-hydrogen) atoms. The minimum atomic E-state index is -1.37. The van der Waals surface area contributed by atoms with Crippen molar-refractivity contribution in [3.63, 3.8) is 0 Å². The second kappa shape index (κ2) is 3.92. The molecule has 0 N–H and O–H groups in total. The smallest absolute Gasteiger partial charge is 0.232 e. The number of halogens is 2. The van der Waals surface area contributed by atoms with Crippen LogP contribution in [0.25, 0.3) is 0 Å². The lowest BCUT2D eigenvalue weighted by Crippen LogP contribution is -2.22. The van der Waals surface area contributed by atoms with E-state index >= 15 is 0 Å². The van der Waals surface area contributed by atoms with Gasteiger partial charge in [-0.2, -0.15) is 0 Å². The van der Waals surface area contributed by atoms with Crippen LogP contribution in [-0.4, -0.2) is 17.3 Å². The van der Waals surface area contributed by atoms with Gasteiger partial charge in [0.1, 0.15) is 17.3 Å². The molecule has 1 aromatic rings. The Morgan fingerprint density at radius 2 is 2.31 bits per heavy atom. The van der Waals surface area contributed by atoms with E-state index in [0.717, 1.165) is 0 Å². The molecule has 0 fully saturated rings. The quantitative estimate of drug-likeness (QED) is 0.754. The van der Waals surface area contributed by atoms with Crippen molar-refractivity contribution in [2.75, 3.05) is 6.61 Å². The topological polar surface area (TPSA) is 22.1 Å². The average molecular weight is 204 g/mol. The first kappa shape index (κ1) is 10.3. The van der Waals surface area contributed by atoms with Crippen LogP contribution in [0.2, 0.25) is 5.02 Å². The van der Waals surface area contributed by atoms with Gasteiger partial charge in [-0.15, -0.1) is 0 Å². The summed E-state index contributed by atoms with van der Waals surface area (Å²) in [6.07, 6.45) is 1.55. The van der Waals surface area contributed by atoms with Crippen LogP contribution < -0.4 is 4.74 Å². The lowest BCUT2D eigenvalue weighted by Gasteiger charge is -2.14. The first-order chi connectivity index (χ1) is 5.99. The van der Waals surface area contributed by atoms with E-state index in [-0.39, 0.29) is 12.5 Å². The molecule has 72 valence electrons. The molecule has 1 aromatic heterocycles. The molecular weight excluding hydrogens is 193 g/mol. The largest absolute Gasteiger partial charge is 0.473 e. The van der Waals surface area contributed by atoms with Gasteiger partial charge in [0, 0.05) is 6.20 Å². The zero-order chi connectivity index (χ0) is 9.90. The van der Waals surface area contributed by atoms with Crippen molar-refractivity contribution in [1.82, 2.24) is 4.98 Å². The molecule has 4 heteroatoms. The predicted molar refractivity (Wildman–Crippen MR) is 49.9 cm³/mol. The molecule has 0 amide bonds. The monoisotopic (exact) mass is 203 g/mol. The van der Waals surface area contributed by atoms with E-state index in [1.54, 1.807) is 18.3 Å². The number of nitrogens with zero attached hydrogens (tertiary/aromatic N) is 1. The van der Waals surface area contributed by atoms with E-state index < -0.39 is 5.67 Å². The first-order valence-electron chi connectivity index (χ1n) is 3.91. The molecule has 0 spiro atoms. The summed E-state index contributed by atoms with van der Waals surface area (Å²) in [5.74, 6) is 0.273. The lowest BCUT2D eigenvalue weighted by atomic mass is 10.2. The van der Waals surface area contributed by atoms with Crippen molar-refractivity contribution in [3.8, 4) is 5.88 Å². The Balaban J connectivity index is 2.60. The van der Waals surface area contributed by atoms with Crippen LogP contribution in [0.4, 0.5) is 4.39 Å². The molecule has 0 aliphatic rings. The van der Waals surface area contributed by atoms with Gasteiger partial charge in [0.2, 0.25) is 5.88 Å². The van der Waals surface area contributed by atoms with Crippen molar-refractivity contribution >= 4 is 11.6 Å². The Kier molecular flexibility index (Phi) is 3.09. The summed E-state index contributed by atoms with van der Waals surface area (Å²) >= 11 is 5.74. The number of rotatable bonds is 3. The second-order valence-corrected chi connectivity index (χ2v) is 3.70. The summed E-state index contributed by atoms with van der Waals surface area (Å²) < 4.78 is 18.1. The van der Waals surface area contributed by atoms with Crippen LogP contribution in [0.15, 0.2) is 18.3 Å². The van der Waals surface area contributed by atoms with E-state index in [9.17, 15) is 4.39 Å². The summed E-state index contributed by atoms with van der Waals surface area (Å²) in [7, 11) is 0. The third-order valence-corrected chi connectivity index (χ3v) is 1.56. The Morgan fingerprint density at radius 1 is 1.62 bits per heavy atom. The van der Waals surface area contributed by atoms with E-state index in [1.165, 1.54) is 13.8 Å². The van der Waals surface area contributed by atoms with Gasteiger partial charge in [0.25, 0.3) is 0 Å². The van der Waals surface area contributed by atoms with Gasteiger partial charge in [0.15, 0.2) is 0 Å². The molecule has 0 aromatic carbocycles. The van der Waals surface area contributed by atoms with E-state index in [0.29, 0.717) is 5.02 Å². The normalized spacial score (nSPS) is 11.4. The molecule has 2 nitrogen and oxygen atoms in total. The van der Waals surface area contributed by atoms with Gasteiger partial charge in [-0.3, -0.25) is 0 Å². The highest BCUT2D eigenvalue weighted by Gasteiger charge is 2.17. The highest BCUT2D eigenvalue weighted by molar-refractivity contribution is 6.31. The van der Waals surface area contributed by atoms with Crippen LogP contribution in [0.3, 0.4) is 0 Å². The number of pyridine rings is 1. The van der Waals surface area contributed by atoms with Crippen molar-refractivity contribution in [3.05, 3.63) is 23.4 Å². The van der Waals surface area contributed by atoms with Gasteiger partial charge >= 0.3 is 0 Å². The molecule has 0 aliphatic carbocycles. The van der Waals surface area contributed by atoms with Crippen molar-refractivity contribution in [1.29, 1.82) is 0 Å².